The molecule has 0 aromatic heterocycles. The van der Waals surface area contributed by atoms with Crippen LogP contribution in [0, 0.1) is 0 Å². The smallest absolute Gasteiger partial charge is 0.238 e. The Morgan fingerprint density at radius 2 is 2.00 bits per heavy atom. The van der Waals surface area contributed by atoms with Gasteiger partial charge < -0.3 is 22.5 Å². The van der Waals surface area contributed by atoms with Gasteiger partial charge in [0.25, 0.3) is 0 Å². The highest BCUT2D eigenvalue weighted by Crippen LogP contribution is 1.97. The lowest BCUT2D eigenvalue weighted by molar-refractivity contribution is -0.123. The van der Waals surface area contributed by atoms with Crippen molar-refractivity contribution in [2.45, 2.75) is 38.4 Å². The van der Waals surface area contributed by atoms with E-state index in [0.29, 0.717) is 13.0 Å². The minimum atomic E-state index is -0.461. The fourth-order valence-corrected chi connectivity index (χ4v) is 0.971. The van der Waals surface area contributed by atoms with Gasteiger partial charge in [-0.05, 0) is 26.3 Å². The van der Waals surface area contributed by atoms with E-state index in [1.807, 2.05) is 0 Å². The molecule has 13 heavy (non-hydrogen) atoms. The fraction of sp³-hybridized carbons (Fsp3) is 0.875. The van der Waals surface area contributed by atoms with Crippen LogP contribution in [0.4, 0.5) is 0 Å². The molecular weight excluding hydrogens is 168 g/mol. The Labute approximate surface area is 79.0 Å². The van der Waals surface area contributed by atoms with E-state index in [1.165, 1.54) is 0 Å². The average molecular weight is 188 g/mol. The van der Waals surface area contributed by atoms with Crippen LogP contribution in [0.1, 0.15) is 26.2 Å². The van der Waals surface area contributed by atoms with Gasteiger partial charge in [-0.25, -0.2) is 0 Å². The third-order valence-corrected chi connectivity index (χ3v) is 1.68. The van der Waals surface area contributed by atoms with Crippen molar-refractivity contribution >= 4 is 5.91 Å². The van der Waals surface area contributed by atoms with Crippen LogP contribution in [0.15, 0.2) is 0 Å². The number of unbranched alkanes of at least 4 members (excludes halogenated alkanes) is 1. The Morgan fingerprint density at radius 1 is 1.38 bits per heavy atom. The summed E-state index contributed by atoms with van der Waals surface area (Å²) in [5, 5.41) is 2.55. The van der Waals surface area contributed by atoms with Crippen LogP contribution >= 0.6 is 0 Å². The molecule has 5 heteroatoms. The Kier molecular flexibility index (Phi) is 6.48. The second kappa shape index (κ2) is 6.82. The molecule has 0 aliphatic carbocycles. The maximum Gasteiger partial charge on any atom is 0.238 e. The molecule has 0 spiro atoms. The van der Waals surface area contributed by atoms with E-state index in [-0.39, 0.29) is 12.1 Å². The molecule has 0 fully saturated rings. The van der Waals surface area contributed by atoms with Crippen molar-refractivity contribution in [3.8, 4) is 0 Å². The van der Waals surface area contributed by atoms with E-state index in [4.69, 9.17) is 17.2 Å². The monoisotopic (exact) mass is 188 g/mol. The van der Waals surface area contributed by atoms with Crippen molar-refractivity contribution in [1.82, 2.24) is 5.32 Å². The quantitative estimate of drug-likeness (QED) is 0.312. The minimum Gasteiger partial charge on any atom is -0.340 e. The summed E-state index contributed by atoms with van der Waals surface area (Å²) in [6.45, 7) is 2.34. The number of amides is 1. The maximum atomic E-state index is 11.2. The highest BCUT2D eigenvalue weighted by molar-refractivity contribution is 5.81. The van der Waals surface area contributed by atoms with E-state index in [9.17, 15) is 4.79 Å². The number of nitrogens with two attached hydrogens (primary N) is 3. The van der Waals surface area contributed by atoms with Gasteiger partial charge in [0.15, 0.2) is 0 Å². The van der Waals surface area contributed by atoms with Crippen molar-refractivity contribution in [1.29, 1.82) is 0 Å². The van der Waals surface area contributed by atoms with Gasteiger partial charge >= 0.3 is 0 Å². The Morgan fingerprint density at radius 3 is 2.46 bits per heavy atom. The zero-order valence-electron chi connectivity index (χ0n) is 8.12. The highest BCUT2D eigenvalue weighted by atomic mass is 16.2. The fourth-order valence-electron chi connectivity index (χ4n) is 0.971. The second-order valence-corrected chi connectivity index (χ2v) is 3.19. The number of nitrogens with one attached hydrogen (secondary N) is 1. The van der Waals surface area contributed by atoms with Crippen LogP contribution in [-0.4, -0.2) is 24.7 Å². The summed E-state index contributed by atoms with van der Waals surface area (Å²) in [5.41, 5.74) is 16.3. The van der Waals surface area contributed by atoms with Gasteiger partial charge in [-0.2, -0.15) is 0 Å². The summed E-state index contributed by atoms with van der Waals surface area (Å²) < 4.78 is 0. The molecule has 0 bridgehead atoms. The van der Waals surface area contributed by atoms with Crippen LogP contribution in [-0.2, 0) is 4.79 Å². The van der Waals surface area contributed by atoms with Crippen LogP contribution in [0.3, 0.4) is 0 Å². The Balaban J connectivity index is 3.57. The van der Waals surface area contributed by atoms with Crippen molar-refractivity contribution in [3.63, 3.8) is 0 Å². The van der Waals surface area contributed by atoms with Gasteiger partial charge in [-0.1, -0.05) is 6.42 Å². The van der Waals surface area contributed by atoms with Crippen LogP contribution in [0.5, 0.6) is 0 Å². The predicted molar refractivity (Wildman–Crippen MR) is 52.7 cm³/mol. The van der Waals surface area contributed by atoms with Crippen LogP contribution in [0.25, 0.3) is 0 Å². The van der Waals surface area contributed by atoms with Crippen molar-refractivity contribution in [2.75, 3.05) is 6.54 Å². The molecule has 0 saturated carbocycles. The molecule has 5 nitrogen and oxygen atoms in total. The predicted octanol–water partition coefficient (Wildman–Crippen LogP) is -1.14. The third kappa shape index (κ3) is 6.51. The molecule has 0 aromatic carbocycles. The first kappa shape index (κ1) is 12.3. The number of hydrogen-bond acceptors (Lipinski definition) is 4. The largest absolute Gasteiger partial charge is 0.340 e. The standard InChI is InChI=1S/C8H20N4O/c1-6(10)12-8(13)7(11)4-2-3-5-9/h6-7H,2-5,9-11H2,1H3,(H,12,13)/t6-,7-/m1/s1. The van der Waals surface area contributed by atoms with Crippen molar-refractivity contribution < 1.29 is 4.79 Å². The lowest BCUT2D eigenvalue weighted by Gasteiger charge is -2.13. The molecule has 0 aromatic rings. The summed E-state index contributed by atoms with van der Waals surface area (Å²) in [5.74, 6) is -0.188. The lowest BCUT2D eigenvalue weighted by atomic mass is 10.1. The first-order valence-corrected chi connectivity index (χ1v) is 4.59. The van der Waals surface area contributed by atoms with E-state index in [2.05, 4.69) is 5.32 Å². The third-order valence-electron chi connectivity index (χ3n) is 1.68. The molecule has 2 atom stereocenters. The van der Waals surface area contributed by atoms with E-state index in [0.717, 1.165) is 12.8 Å². The summed E-state index contributed by atoms with van der Waals surface area (Å²) >= 11 is 0. The van der Waals surface area contributed by atoms with Crippen LogP contribution in [0.2, 0.25) is 0 Å². The maximum absolute atomic E-state index is 11.2. The molecular formula is C8H20N4O. The molecule has 0 aliphatic heterocycles. The van der Waals surface area contributed by atoms with E-state index >= 15 is 0 Å². The van der Waals surface area contributed by atoms with Crippen molar-refractivity contribution in [3.05, 3.63) is 0 Å². The minimum absolute atomic E-state index is 0.188. The molecule has 0 unspecified atom stereocenters. The topological polar surface area (TPSA) is 107 Å². The summed E-state index contributed by atoms with van der Waals surface area (Å²) in [7, 11) is 0. The zero-order chi connectivity index (χ0) is 10.3. The summed E-state index contributed by atoms with van der Waals surface area (Å²) in [4.78, 5) is 11.2. The number of hydrogen-bond donors (Lipinski definition) is 4. The number of carbonyl (C=O) groups excluding carboxylic acids is 1. The zero-order valence-corrected chi connectivity index (χ0v) is 8.12. The molecule has 0 heterocycles. The normalized spacial score (nSPS) is 15.1. The SMILES string of the molecule is C[C@H](N)NC(=O)[C@H](N)CCCCN. The van der Waals surface area contributed by atoms with Crippen LogP contribution < -0.4 is 22.5 Å². The van der Waals surface area contributed by atoms with Gasteiger partial charge in [-0.3, -0.25) is 4.79 Å². The van der Waals surface area contributed by atoms with Gasteiger partial charge in [0.2, 0.25) is 5.91 Å². The Bertz CT molecular complexity index is 149. The van der Waals surface area contributed by atoms with Gasteiger partial charge in [0, 0.05) is 0 Å². The number of carbonyl (C=O) groups is 1. The van der Waals surface area contributed by atoms with Crippen molar-refractivity contribution in [2.24, 2.45) is 17.2 Å². The van der Waals surface area contributed by atoms with Gasteiger partial charge in [-0.15, -0.1) is 0 Å². The first-order chi connectivity index (χ1) is 6.07. The van der Waals surface area contributed by atoms with E-state index < -0.39 is 6.04 Å². The molecule has 7 N–H and O–H groups in total. The van der Waals surface area contributed by atoms with E-state index in [1.54, 1.807) is 6.92 Å². The molecule has 78 valence electrons. The second-order valence-electron chi connectivity index (χ2n) is 3.19. The Hall–Kier alpha value is -0.650. The molecule has 0 rings (SSSR count). The first-order valence-electron chi connectivity index (χ1n) is 4.59. The lowest BCUT2D eigenvalue weighted by Crippen LogP contribution is -2.47. The van der Waals surface area contributed by atoms with Gasteiger partial charge in [0.1, 0.15) is 0 Å². The highest BCUT2D eigenvalue weighted by Gasteiger charge is 2.12. The molecule has 0 saturated heterocycles. The summed E-state index contributed by atoms with van der Waals surface area (Å²) in [6, 6.07) is -0.461. The molecule has 0 aliphatic rings. The summed E-state index contributed by atoms with van der Waals surface area (Å²) in [6.07, 6.45) is 2.10. The molecule has 0 radical (unpaired) electrons. The van der Waals surface area contributed by atoms with Gasteiger partial charge in [0.05, 0.1) is 12.2 Å². The average Bonchev–Trinajstić information content (AvgIpc) is 2.03. The number of rotatable bonds is 6. The molecule has 1 amide bonds.